The van der Waals surface area contributed by atoms with Crippen molar-refractivity contribution >= 4 is 5.69 Å². The molecular weight excluding hydrogens is 255 g/mol. The van der Waals surface area contributed by atoms with Crippen molar-refractivity contribution in [3.63, 3.8) is 0 Å². The maximum Gasteiger partial charge on any atom is 0.130 e. The highest BCUT2D eigenvalue weighted by Crippen LogP contribution is 2.20. The molecule has 112 valence electrons. The lowest BCUT2D eigenvalue weighted by molar-refractivity contribution is 0.0950. The van der Waals surface area contributed by atoms with Gasteiger partial charge in [0.2, 0.25) is 0 Å². The lowest BCUT2D eigenvalue weighted by Crippen LogP contribution is -2.44. The molecule has 0 N–H and O–H groups in total. The van der Waals surface area contributed by atoms with Crippen LogP contribution in [0.1, 0.15) is 19.4 Å². The van der Waals surface area contributed by atoms with Gasteiger partial charge in [0, 0.05) is 44.0 Å². The molecule has 1 fully saturated rings. The number of benzene rings is 1. The van der Waals surface area contributed by atoms with Gasteiger partial charge >= 0.3 is 0 Å². The Morgan fingerprint density at radius 3 is 2.50 bits per heavy atom. The van der Waals surface area contributed by atoms with Crippen molar-refractivity contribution in [1.82, 2.24) is 4.90 Å². The van der Waals surface area contributed by atoms with Crippen LogP contribution in [-0.4, -0.2) is 44.7 Å². The van der Waals surface area contributed by atoms with Crippen molar-refractivity contribution in [2.45, 2.75) is 20.5 Å². The van der Waals surface area contributed by atoms with Crippen molar-refractivity contribution in [1.29, 1.82) is 0 Å². The van der Waals surface area contributed by atoms with Crippen molar-refractivity contribution in [2.24, 2.45) is 5.92 Å². The van der Waals surface area contributed by atoms with Crippen LogP contribution in [0.5, 0.6) is 0 Å². The van der Waals surface area contributed by atoms with Gasteiger partial charge in [0.25, 0.3) is 0 Å². The second-order valence-electron chi connectivity index (χ2n) is 5.98. The molecule has 0 aromatic heterocycles. The average Bonchev–Trinajstić information content (AvgIpc) is 2.41. The van der Waals surface area contributed by atoms with Crippen LogP contribution in [-0.2, 0) is 11.3 Å². The van der Waals surface area contributed by atoms with Crippen LogP contribution in [0.25, 0.3) is 0 Å². The quantitative estimate of drug-likeness (QED) is 0.825. The van der Waals surface area contributed by atoms with E-state index in [9.17, 15) is 4.39 Å². The Morgan fingerprint density at radius 2 is 1.90 bits per heavy atom. The van der Waals surface area contributed by atoms with Gasteiger partial charge in [0.05, 0.1) is 6.61 Å². The molecular formula is C16H25FN2O. The van der Waals surface area contributed by atoms with Gasteiger partial charge in [-0.15, -0.1) is 0 Å². The predicted octanol–water partition coefficient (Wildman–Crippen LogP) is 2.75. The molecule has 4 heteroatoms. The molecule has 20 heavy (non-hydrogen) atoms. The van der Waals surface area contributed by atoms with Crippen molar-refractivity contribution in [3.05, 3.63) is 29.6 Å². The third kappa shape index (κ3) is 4.18. The van der Waals surface area contributed by atoms with Gasteiger partial charge in [0.1, 0.15) is 5.82 Å². The van der Waals surface area contributed by atoms with Gasteiger partial charge in [-0.2, -0.15) is 0 Å². The Morgan fingerprint density at radius 1 is 1.20 bits per heavy atom. The number of rotatable bonds is 5. The van der Waals surface area contributed by atoms with Crippen LogP contribution >= 0.6 is 0 Å². The van der Waals surface area contributed by atoms with E-state index < -0.39 is 0 Å². The Balaban J connectivity index is 1.95. The number of hydrogen-bond acceptors (Lipinski definition) is 3. The van der Waals surface area contributed by atoms with Gasteiger partial charge in [0.15, 0.2) is 0 Å². The van der Waals surface area contributed by atoms with Crippen LogP contribution in [0.4, 0.5) is 10.1 Å². The molecule has 3 nitrogen and oxygen atoms in total. The first-order valence-electron chi connectivity index (χ1n) is 7.36. The maximum absolute atomic E-state index is 14.1. The van der Waals surface area contributed by atoms with E-state index in [2.05, 4.69) is 30.7 Å². The first kappa shape index (κ1) is 15.3. The van der Waals surface area contributed by atoms with E-state index in [-0.39, 0.29) is 5.82 Å². The molecule has 1 aromatic rings. The molecule has 0 aliphatic carbocycles. The molecule has 0 spiro atoms. The summed E-state index contributed by atoms with van der Waals surface area (Å²) in [5, 5.41) is 0. The number of anilines is 1. The lowest BCUT2D eigenvalue weighted by atomic mass is 10.1. The van der Waals surface area contributed by atoms with Gasteiger partial charge in [-0.3, -0.25) is 0 Å². The highest BCUT2D eigenvalue weighted by molar-refractivity contribution is 5.48. The zero-order valence-electron chi connectivity index (χ0n) is 12.7. The Bertz CT molecular complexity index is 428. The second-order valence-corrected chi connectivity index (χ2v) is 5.98. The van der Waals surface area contributed by atoms with E-state index in [1.807, 2.05) is 12.1 Å². The van der Waals surface area contributed by atoms with Crippen molar-refractivity contribution in [3.8, 4) is 0 Å². The third-order valence-electron chi connectivity index (χ3n) is 3.61. The number of likely N-dealkylation sites (N-methyl/N-ethyl adjacent to an activating group) is 1. The van der Waals surface area contributed by atoms with Crippen molar-refractivity contribution in [2.75, 3.05) is 44.7 Å². The van der Waals surface area contributed by atoms with E-state index in [0.29, 0.717) is 24.7 Å². The fourth-order valence-corrected chi connectivity index (χ4v) is 2.32. The van der Waals surface area contributed by atoms with Crippen LogP contribution in [0.2, 0.25) is 0 Å². The predicted molar refractivity (Wildman–Crippen MR) is 80.6 cm³/mol. The van der Waals surface area contributed by atoms with Gasteiger partial charge < -0.3 is 14.5 Å². The molecule has 1 saturated heterocycles. The molecule has 0 radical (unpaired) electrons. The molecule has 1 heterocycles. The Kier molecular flexibility index (Phi) is 5.38. The summed E-state index contributed by atoms with van der Waals surface area (Å²) in [4.78, 5) is 4.53. The SMILES string of the molecule is CC(C)COCc1ccc(N2CCN(C)CC2)cc1F. The zero-order valence-corrected chi connectivity index (χ0v) is 12.7. The Labute approximate surface area is 121 Å². The molecule has 2 rings (SSSR count). The maximum atomic E-state index is 14.1. The fraction of sp³-hybridized carbons (Fsp3) is 0.625. The normalized spacial score (nSPS) is 16.9. The summed E-state index contributed by atoms with van der Waals surface area (Å²) in [7, 11) is 2.12. The van der Waals surface area contributed by atoms with E-state index in [4.69, 9.17) is 4.74 Å². The van der Waals surface area contributed by atoms with E-state index >= 15 is 0 Å². The second kappa shape index (κ2) is 7.04. The number of halogens is 1. The third-order valence-corrected chi connectivity index (χ3v) is 3.61. The smallest absolute Gasteiger partial charge is 0.130 e. The molecule has 0 bridgehead atoms. The molecule has 0 amide bonds. The zero-order chi connectivity index (χ0) is 14.5. The average molecular weight is 280 g/mol. The van der Waals surface area contributed by atoms with Crippen LogP contribution in [0, 0.1) is 11.7 Å². The summed E-state index contributed by atoms with van der Waals surface area (Å²) in [6.45, 7) is 9.17. The summed E-state index contributed by atoms with van der Waals surface area (Å²) in [6, 6.07) is 5.49. The number of piperazine rings is 1. The molecule has 0 saturated carbocycles. The first-order chi connectivity index (χ1) is 9.56. The van der Waals surface area contributed by atoms with Gasteiger partial charge in [-0.25, -0.2) is 4.39 Å². The standard InChI is InChI=1S/C16H25FN2O/c1-13(2)11-20-12-14-4-5-15(10-16(14)17)19-8-6-18(3)7-9-19/h4-5,10,13H,6-9,11-12H2,1-3H3. The largest absolute Gasteiger partial charge is 0.376 e. The molecule has 1 aromatic carbocycles. The molecule has 0 atom stereocenters. The summed E-state index contributed by atoms with van der Waals surface area (Å²) in [5.74, 6) is 0.313. The summed E-state index contributed by atoms with van der Waals surface area (Å²) >= 11 is 0. The van der Waals surface area contributed by atoms with Crippen molar-refractivity contribution < 1.29 is 9.13 Å². The fourth-order valence-electron chi connectivity index (χ4n) is 2.32. The minimum atomic E-state index is -0.162. The lowest BCUT2D eigenvalue weighted by Gasteiger charge is -2.34. The van der Waals surface area contributed by atoms with Crippen LogP contribution < -0.4 is 4.90 Å². The van der Waals surface area contributed by atoms with Gasteiger partial charge in [-0.1, -0.05) is 19.9 Å². The highest BCUT2D eigenvalue weighted by atomic mass is 19.1. The van der Waals surface area contributed by atoms with E-state index in [1.54, 1.807) is 6.07 Å². The summed E-state index contributed by atoms with van der Waals surface area (Å²) in [5.41, 5.74) is 1.62. The summed E-state index contributed by atoms with van der Waals surface area (Å²) in [6.07, 6.45) is 0. The van der Waals surface area contributed by atoms with Crippen LogP contribution in [0.3, 0.4) is 0 Å². The first-order valence-corrected chi connectivity index (χ1v) is 7.36. The van der Waals surface area contributed by atoms with Crippen LogP contribution in [0.15, 0.2) is 18.2 Å². The Hall–Kier alpha value is -1.13. The topological polar surface area (TPSA) is 15.7 Å². The molecule has 1 aliphatic rings. The minimum Gasteiger partial charge on any atom is -0.376 e. The van der Waals surface area contributed by atoms with E-state index in [1.165, 1.54) is 0 Å². The number of hydrogen-bond donors (Lipinski definition) is 0. The molecule has 1 aliphatic heterocycles. The summed E-state index contributed by atoms with van der Waals surface area (Å²) < 4.78 is 19.6. The molecule has 0 unspecified atom stereocenters. The highest BCUT2D eigenvalue weighted by Gasteiger charge is 2.15. The van der Waals surface area contributed by atoms with E-state index in [0.717, 1.165) is 31.9 Å². The van der Waals surface area contributed by atoms with Gasteiger partial charge in [-0.05, 0) is 25.1 Å². The minimum absolute atomic E-state index is 0.162. The number of ether oxygens (including phenoxy) is 1. The monoisotopic (exact) mass is 280 g/mol. The number of nitrogens with zero attached hydrogens (tertiary/aromatic N) is 2.